The summed E-state index contributed by atoms with van der Waals surface area (Å²) in [5.74, 6) is -1.45. The van der Waals surface area contributed by atoms with Crippen LogP contribution in [0.1, 0.15) is 18.9 Å². The summed E-state index contributed by atoms with van der Waals surface area (Å²) in [6.45, 7) is 1.54. The molecule has 0 heterocycles. The molecule has 1 N–H and O–H groups in total. The second-order valence-electron chi connectivity index (χ2n) is 6.14. The van der Waals surface area contributed by atoms with Crippen molar-refractivity contribution in [2.75, 3.05) is 15.9 Å². The molecule has 0 aliphatic carbocycles. The first kappa shape index (κ1) is 23.0. The van der Waals surface area contributed by atoms with Gasteiger partial charge in [0.2, 0.25) is 15.9 Å². The van der Waals surface area contributed by atoms with Crippen LogP contribution < -0.4 is 9.62 Å². The molecule has 5 nitrogen and oxygen atoms in total. The monoisotopic (exact) mass is 452 g/mol. The maximum absolute atomic E-state index is 13.2. The summed E-state index contributed by atoms with van der Waals surface area (Å²) in [5.41, 5.74) is -1.29. The molecule has 158 valence electrons. The Balaban J connectivity index is 2.39. The highest BCUT2D eigenvalue weighted by atomic mass is 35.5. The van der Waals surface area contributed by atoms with Crippen molar-refractivity contribution in [3.05, 3.63) is 58.9 Å². The van der Waals surface area contributed by atoms with Crippen molar-refractivity contribution in [3.8, 4) is 0 Å². The molecule has 0 aromatic heterocycles. The highest BCUT2D eigenvalue weighted by Gasteiger charge is 2.35. The maximum atomic E-state index is 13.2. The van der Waals surface area contributed by atoms with Crippen LogP contribution in [0.2, 0.25) is 5.02 Å². The number of alkyl halides is 3. The molecular formula is C18H17ClF4N2O3S. The van der Waals surface area contributed by atoms with E-state index in [4.69, 9.17) is 11.6 Å². The van der Waals surface area contributed by atoms with Crippen molar-refractivity contribution in [2.45, 2.75) is 25.6 Å². The Morgan fingerprint density at radius 1 is 1.17 bits per heavy atom. The minimum Gasteiger partial charge on any atom is -0.324 e. The molecule has 1 unspecified atom stereocenters. The van der Waals surface area contributed by atoms with E-state index in [9.17, 15) is 30.8 Å². The van der Waals surface area contributed by atoms with E-state index in [1.54, 1.807) is 0 Å². The quantitative estimate of drug-likeness (QED) is 0.647. The van der Waals surface area contributed by atoms with Gasteiger partial charge in [-0.3, -0.25) is 9.10 Å². The molecule has 0 bridgehead atoms. The summed E-state index contributed by atoms with van der Waals surface area (Å²) >= 11 is 5.56. The average Bonchev–Trinajstić information content (AvgIpc) is 2.60. The SMILES string of the molecule is CCC(C(=O)Nc1ccc(Cl)c(C(F)(F)F)c1)N(c1ccc(F)cc1)S(C)(=O)=O. The van der Waals surface area contributed by atoms with E-state index in [0.717, 1.165) is 28.8 Å². The lowest BCUT2D eigenvalue weighted by molar-refractivity contribution is -0.137. The van der Waals surface area contributed by atoms with Gasteiger partial charge in [-0.2, -0.15) is 13.2 Å². The normalized spacial score (nSPS) is 13.1. The van der Waals surface area contributed by atoms with E-state index in [1.807, 2.05) is 0 Å². The second kappa shape index (κ2) is 8.58. The summed E-state index contributed by atoms with van der Waals surface area (Å²) in [7, 11) is -3.97. The number of nitrogens with one attached hydrogen (secondary N) is 1. The third-order valence-electron chi connectivity index (χ3n) is 3.95. The largest absolute Gasteiger partial charge is 0.417 e. The summed E-state index contributed by atoms with van der Waals surface area (Å²) in [5, 5.41) is 1.75. The zero-order valence-electron chi connectivity index (χ0n) is 15.3. The number of sulfonamides is 1. The standard InChI is InChI=1S/C18H17ClF4N2O3S/c1-3-16(25(29(2,27)28)13-7-4-11(20)5-8-13)17(26)24-12-6-9-15(19)14(10-12)18(21,22)23/h4-10,16H,3H2,1-2H3,(H,24,26). The predicted molar refractivity (Wildman–Crippen MR) is 103 cm³/mol. The van der Waals surface area contributed by atoms with Crippen molar-refractivity contribution >= 4 is 38.9 Å². The lowest BCUT2D eigenvalue weighted by Gasteiger charge is -2.30. The molecule has 1 atom stereocenters. The smallest absolute Gasteiger partial charge is 0.324 e. The Bertz CT molecular complexity index is 995. The summed E-state index contributed by atoms with van der Waals surface area (Å²) in [4.78, 5) is 12.7. The lowest BCUT2D eigenvalue weighted by atomic mass is 10.1. The highest BCUT2D eigenvalue weighted by Crippen LogP contribution is 2.36. The first-order valence-electron chi connectivity index (χ1n) is 8.27. The van der Waals surface area contributed by atoms with E-state index in [1.165, 1.54) is 25.1 Å². The van der Waals surface area contributed by atoms with Gasteiger partial charge < -0.3 is 5.32 Å². The van der Waals surface area contributed by atoms with Crippen LogP contribution in [0, 0.1) is 5.82 Å². The van der Waals surface area contributed by atoms with E-state index in [2.05, 4.69) is 5.32 Å². The van der Waals surface area contributed by atoms with Gasteiger partial charge in [-0.25, -0.2) is 12.8 Å². The van der Waals surface area contributed by atoms with Crippen molar-refractivity contribution in [3.63, 3.8) is 0 Å². The Kier molecular flexibility index (Phi) is 6.79. The summed E-state index contributed by atoms with van der Waals surface area (Å²) < 4.78 is 77.6. The zero-order chi connectivity index (χ0) is 22.0. The van der Waals surface area contributed by atoms with Crippen molar-refractivity contribution < 1.29 is 30.8 Å². The zero-order valence-corrected chi connectivity index (χ0v) is 16.9. The molecule has 0 spiro atoms. The first-order valence-corrected chi connectivity index (χ1v) is 10.5. The number of carbonyl (C=O) groups is 1. The predicted octanol–water partition coefficient (Wildman–Crippen LogP) is 4.68. The average molecular weight is 453 g/mol. The minimum atomic E-state index is -4.73. The Labute approximate surface area is 170 Å². The number of rotatable bonds is 6. The number of hydrogen-bond donors (Lipinski definition) is 1. The molecule has 2 aromatic rings. The van der Waals surface area contributed by atoms with Crippen LogP contribution in [0.5, 0.6) is 0 Å². The van der Waals surface area contributed by atoms with E-state index < -0.39 is 44.6 Å². The maximum Gasteiger partial charge on any atom is 0.417 e. The topological polar surface area (TPSA) is 66.5 Å². The fourth-order valence-electron chi connectivity index (χ4n) is 2.69. The van der Waals surface area contributed by atoms with Gasteiger partial charge in [0, 0.05) is 5.69 Å². The molecule has 0 aliphatic heterocycles. The summed E-state index contributed by atoms with van der Waals surface area (Å²) in [6.07, 6.45) is -3.85. The molecule has 0 radical (unpaired) electrons. The molecule has 0 fully saturated rings. The number of halogens is 5. The van der Waals surface area contributed by atoms with Crippen LogP contribution in [0.25, 0.3) is 0 Å². The van der Waals surface area contributed by atoms with Gasteiger partial charge in [-0.1, -0.05) is 18.5 Å². The lowest BCUT2D eigenvalue weighted by Crippen LogP contribution is -2.47. The molecule has 0 saturated carbocycles. The Hall–Kier alpha value is -2.33. The number of anilines is 2. The van der Waals surface area contributed by atoms with Crippen LogP contribution >= 0.6 is 11.6 Å². The fourth-order valence-corrected chi connectivity index (χ4v) is 4.13. The fraction of sp³-hybridized carbons (Fsp3) is 0.278. The third kappa shape index (κ3) is 5.60. The van der Waals surface area contributed by atoms with Gasteiger partial charge in [-0.05, 0) is 48.9 Å². The number of nitrogens with zero attached hydrogens (tertiary/aromatic N) is 1. The van der Waals surface area contributed by atoms with Crippen molar-refractivity contribution in [1.29, 1.82) is 0 Å². The van der Waals surface area contributed by atoms with Crippen LogP contribution in [0.15, 0.2) is 42.5 Å². The van der Waals surface area contributed by atoms with Gasteiger partial charge in [0.05, 0.1) is 22.5 Å². The van der Waals surface area contributed by atoms with Gasteiger partial charge >= 0.3 is 6.18 Å². The number of benzene rings is 2. The number of carbonyl (C=O) groups excluding carboxylic acids is 1. The van der Waals surface area contributed by atoms with Gasteiger partial charge in [0.15, 0.2) is 0 Å². The van der Waals surface area contributed by atoms with Gasteiger partial charge in [0.1, 0.15) is 11.9 Å². The molecule has 29 heavy (non-hydrogen) atoms. The van der Waals surface area contributed by atoms with Crippen LogP contribution in [-0.2, 0) is 21.0 Å². The molecule has 1 amide bonds. The molecular weight excluding hydrogens is 436 g/mol. The molecule has 2 aromatic carbocycles. The van der Waals surface area contributed by atoms with Crippen molar-refractivity contribution in [1.82, 2.24) is 0 Å². The highest BCUT2D eigenvalue weighted by molar-refractivity contribution is 7.92. The summed E-state index contributed by atoms with van der Waals surface area (Å²) in [6, 6.07) is 5.99. The molecule has 0 saturated heterocycles. The van der Waals surface area contributed by atoms with E-state index >= 15 is 0 Å². The second-order valence-corrected chi connectivity index (χ2v) is 8.41. The third-order valence-corrected chi connectivity index (χ3v) is 5.46. The van der Waals surface area contributed by atoms with Crippen LogP contribution in [-0.4, -0.2) is 26.6 Å². The minimum absolute atomic E-state index is 0.00992. The number of hydrogen-bond acceptors (Lipinski definition) is 3. The molecule has 0 aliphatic rings. The van der Waals surface area contributed by atoms with Gasteiger partial charge in [-0.15, -0.1) is 0 Å². The van der Waals surface area contributed by atoms with E-state index in [-0.39, 0.29) is 17.8 Å². The van der Waals surface area contributed by atoms with Crippen molar-refractivity contribution in [2.24, 2.45) is 0 Å². The van der Waals surface area contributed by atoms with E-state index in [0.29, 0.717) is 6.07 Å². The van der Waals surface area contributed by atoms with Crippen LogP contribution in [0.3, 0.4) is 0 Å². The Morgan fingerprint density at radius 3 is 2.24 bits per heavy atom. The Morgan fingerprint density at radius 2 is 1.76 bits per heavy atom. The first-order chi connectivity index (χ1) is 13.3. The molecule has 2 rings (SSSR count). The van der Waals surface area contributed by atoms with Crippen LogP contribution in [0.4, 0.5) is 28.9 Å². The molecule has 11 heteroatoms. The van der Waals surface area contributed by atoms with Gasteiger partial charge in [0.25, 0.3) is 0 Å². The number of amides is 1.